The number of hydrogen-bond acceptors (Lipinski definition) is 5. The first kappa shape index (κ1) is 18.9. The first-order valence-corrected chi connectivity index (χ1v) is 8.89. The lowest BCUT2D eigenvalue weighted by molar-refractivity contribution is -0.139. The molecule has 0 spiro atoms. The SMILES string of the molecule is CCCN1C(=O)C(=O)/C(=C(/O)c2cc(OC)ccc2Cl)C1c1cccnc1. The molecular weight excluding hydrogens is 368 g/mol. The van der Waals surface area contributed by atoms with E-state index in [0.29, 0.717) is 24.3 Å². The zero-order valence-corrected chi connectivity index (χ0v) is 15.7. The minimum absolute atomic E-state index is 0.00315. The average molecular weight is 387 g/mol. The minimum Gasteiger partial charge on any atom is -0.507 e. The van der Waals surface area contributed by atoms with Gasteiger partial charge >= 0.3 is 0 Å². The van der Waals surface area contributed by atoms with Crippen LogP contribution >= 0.6 is 11.6 Å². The Morgan fingerprint density at radius 2 is 2.11 bits per heavy atom. The van der Waals surface area contributed by atoms with Crippen LogP contribution < -0.4 is 4.74 Å². The van der Waals surface area contributed by atoms with Gasteiger partial charge in [-0.05, 0) is 36.2 Å². The average Bonchev–Trinajstić information content (AvgIpc) is 2.94. The molecule has 1 amide bonds. The number of rotatable bonds is 5. The fourth-order valence-electron chi connectivity index (χ4n) is 3.19. The summed E-state index contributed by atoms with van der Waals surface area (Å²) < 4.78 is 5.18. The fourth-order valence-corrected chi connectivity index (χ4v) is 3.40. The second-order valence-electron chi connectivity index (χ2n) is 6.12. The van der Waals surface area contributed by atoms with Gasteiger partial charge in [0.1, 0.15) is 11.5 Å². The van der Waals surface area contributed by atoms with E-state index < -0.39 is 17.7 Å². The number of methoxy groups -OCH3 is 1. The topological polar surface area (TPSA) is 79.7 Å². The van der Waals surface area contributed by atoms with Gasteiger partial charge in [0.05, 0.1) is 23.7 Å². The Labute approximate surface area is 162 Å². The van der Waals surface area contributed by atoms with Crippen molar-refractivity contribution < 1.29 is 19.4 Å². The second-order valence-corrected chi connectivity index (χ2v) is 6.53. The Bertz CT molecular complexity index is 911. The lowest BCUT2D eigenvalue weighted by Crippen LogP contribution is -2.30. The molecule has 0 bridgehead atoms. The number of halogens is 1. The molecule has 2 aromatic rings. The van der Waals surface area contributed by atoms with Crippen molar-refractivity contribution in [2.24, 2.45) is 0 Å². The monoisotopic (exact) mass is 386 g/mol. The van der Waals surface area contributed by atoms with Crippen LogP contribution in [-0.2, 0) is 9.59 Å². The standard InChI is InChI=1S/C20H19ClN2O4/c1-3-9-23-17(12-5-4-8-22-11-12)16(19(25)20(23)26)18(24)14-10-13(27-2)6-7-15(14)21/h4-8,10-11,17,24H,3,9H2,1-2H3/b18-16+. The van der Waals surface area contributed by atoms with Crippen LogP contribution in [0.4, 0.5) is 0 Å². The molecule has 140 valence electrons. The Hall–Kier alpha value is -2.86. The van der Waals surface area contributed by atoms with Gasteiger partial charge in [-0.2, -0.15) is 0 Å². The summed E-state index contributed by atoms with van der Waals surface area (Å²) in [6.45, 7) is 2.30. The Morgan fingerprint density at radius 1 is 1.33 bits per heavy atom. The molecule has 7 heteroatoms. The van der Waals surface area contributed by atoms with Crippen molar-refractivity contribution in [3.63, 3.8) is 0 Å². The summed E-state index contributed by atoms with van der Waals surface area (Å²) in [4.78, 5) is 30.9. The highest BCUT2D eigenvalue weighted by molar-refractivity contribution is 6.47. The number of Topliss-reactive ketones (excluding diaryl/α,β-unsaturated/α-hetero) is 1. The first-order valence-electron chi connectivity index (χ1n) is 8.51. The summed E-state index contributed by atoms with van der Waals surface area (Å²) >= 11 is 6.23. The largest absolute Gasteiger partial charge is 0.507 e. The lowest BCUT2D eigenvalue weighted by atomic mass is 9.96. The molecular formula is C20H19ClN2O4. The molecule has 3 rings (SSSR count). The summed E-state index contributed by atoms with van der Waals surface area (Å²) in [6, 6.07) is 7.52. The van der Waals surface area contributed by atoms with Crippen molar-refractivity contribution in [3.8, 4) is 5.75 Å². The molecule has 1 fully saturated rings. The van der Waals surface area contributed by atoms with E-state index in [-0.39, 0.29) is 21.9 Å². The van der Waals surface area contributed by atoms with Crippen molar-refractivity contribution in [1.29, 1.82) is 0 Å². The van der Waals surface area contributed by atoms with E-state index >= 15 is 0 Å². The van der Waals surface area contributed by atoms with Crippen LogP contribution in [0.5, 0.6) is 5.75 Å². The van der Waals surface area contributed by atoms with Gasteiger partial charge in [-0.25, -0.2) is 0 Å². The van der Waals surface area contributed by atoms with Crippen LogP contribution in [0, 0.1) is 0 Å². The number of carbonyl (C=O) groups excluding carboxylic acids is 2. The van der Waals surface area contributed by atoms with Crippen molar-refractivity contribution in [3.05, 3.63) is 64.4 Å². The van der Waals surface area contributed by atoms with Gasteiger partial charge in [0, 0.05) is 24.5 Å². The molecule has 2 heterocycles. The third kappa shape index (κ3) is 3.40. The Morgan fingerprint density at radius 3 is 2.74 bits per heavy atom. The van der Waals surface area contributed by atoms with Gasteiger partial charge in [0.15, 0.2) is 0 Å². The normalized spacial score (nSPS) is 18.8. The molecule has 1 atom stereocenters. The number of aliphatic hydroxyl groups excluding tert-OH is 1. The van der Waals surface area contributed by atoms with Crippen molar-refractivity contribution in [2.75, 3.05) is 13.7 Å². The number of benzene rings is 1. The number of nitrogens with zero attached hydrogens (tertiary/aromatic N) is 2. The van der Waals surface area contributed by atoms with E-state index in [4.69, 9.17) is 16.3 Å². The zero-order chi connectivity index (χ0) is 19.6. The summed E-state index contributed by atoms with van der Waals surface area (Å²) in [5, 5.41) is 11.2. The highest BCUT2D eigenvalue weighted by atomic mass is 35.5. The van der Waals surface area contributed by atoms with Gasteiger partial charge in [-0.15, -0.1) is 0 Å². The number of aliphatic hydroxyl groups is 1. The third-order valence-electron chi connectivity index (χ3n) is 4.43. The van der Waals surface area contributed by atoms with Crippen molar-refractivity contribution in [1.82, 2.24) is 9.88 Å². The van der Waals surface area contributed by atoms with Crippen LogP contribution in [0.25, 0.3) is 5.76 Å². The first-order chi connectivity index (χ1) is 13.0. The molecule has 1 aliphatic rings. The van der Waals surface area contributed by atoms with Gasteiger partial charge in [0.2, 0.25) is 0 Å². The summed E-state index contributed by atoms with van der Waals surface area (Å²) in [5.41, 5.74) is 0.877. The molecule has 1 aromatic heterocycles. The molecule has 27 heavy (non-hydrogen) atoms. The van der Waals surface area contributed by atoms with Gasteiger partial charge in [-0.1, -0.05) is 24.6 Å². The fraction of sp³-hybridized carbons (Fsp3) is 0.250. The number of ether oxygens (including phenoxy) is 1. The number of hydrogen-bond donors (Lipinski definition) is 1. The molecule has 1 N–H and O–H groups in total. The molecule has 0 radical (unpaired) electrons. The van der Waals surface area contributed by atoms with Gasteiger partial charge in [0.25, 0.3) is 11.7 Å². The maximum Gasteiger partial charge on any atom is 0.295 e. The summed E-state index contributed by atoms with van der Waals surface area (Å²) in [6.07, 6.45) is 3.86. The van der Waals surface area contributed by atoms with Gasteiger partial charge < -0.3 is 14.7 Å². The highest BCUT2D eigenvalue weighted by Crippen LogP contribution is 2.40. The predicted molar refractivity (Wildman–Crippen MR) is 102 cm³/mol. The van der Waals surface area contributed by atoms with E-state index in [9.17, 15) is 14.7 Å². The van der Waals surface area contributed by atoms with Crippen LogP contribution in [0.1, 0.15) is 30.5 Å². The predicted octanol–water partition coefficient (Wildman–Crippen LogP) is 3.58. The zero-order valence-electron chi connectivity index (χ0n) is 15.0. The lowest BCUT2D eigenvalue weighted by Gasteiger charge is -2.24. The molecule has 1 aromatic carbocycles. The third-order valence-corrected chi connectivity index (χ3v) is 4.76. The highest BCUT2D eigenvalue weighted by Gasteiger charge is 2.45. The van der Waals surface area contributed by atoms with E-state index in [1.54, 1.807) is 36.7 Å². The van der Waals surface area contributed by atoms with Crippen LogP contribution in [0.2, 0.25) is 5.02 Å². The van der Waals surface area contributed by atoms with Crippen molar-refractivity contribution in [2.45, 2.75) is 19.4 Å². The number of carbonyl (C=O) groups is 2. The number of ketones is 1. The smallest absolute Gasteiger partial charge is 0.295 e. The van der Waals surface area contributed by atoms with Crippen LogP contribution in [-0.4, -0.2) is 40.3 Å². The molecule has 1 saturated heterocycles. The summed E-state index contributed by atoms with van der Waals surface area (Å²) in [5.74, 6) is -1.24. The molecule has 0 saturated carbocycles. The number of aromatic nitrogens is 1. The molecule has 1 aliphatic heterocycles. The van der Waals surface area contributed by atoms with E-state index in [1.165, 1.54) is 18.1 Å². The van der Waals surface area contributed by atoms with Gasteiger partial charge in [-0.3, -0.25) is 14.6 Å². The maximum atomic E-state index is 12.8. The number of likely N-dealkylation sites (tertiary alicyclic amines) is 1. The Balaban J connectivity index is 2.22. The van der Waals surface area contributed by atoms with Crippen LogP contribution in [0.3, 0.4) is 0 Å². The Kier molecular flexibility index (Phi) is 5.46. The number of pyridine rings is 1. The molecule has 6 nitrogen and oxygen atoms in total. The van der Waals surface area contributed by atoms with E-state index in [2.05, 4.69) is 4.98 Å². The van der Waals surface area contributed by atoms with Crippen LogP contribution in [0.15, 0.2) is 48.3 Å². The van der Waals surface area contributed by atoms with Crippen molar-refractivity contribution >= 4 is 29.1 Å². The van der Waals surface area contributed by atoms with E-state index in [0.717, 1.165) is 0 Å². The minimum atomic E-state index is -0.742. The quantitative estimate of drug-likeness (QED) is 0.482. The number of amides is 1. The maximum absolute atomic E-state index is 12.8. The summed E-state index contributed by atoms with van der Waals surface area (Å²) in [7, 11) is 1.49. The molecule has 0 aliphatic carbocycles. The second kappa shape index (κ2) is 7.80. The molecule has 1 unspecified atom stereocenters. The van der Waals surface area contributed by atoms with E-state index in [1.807, 2.05) is 6.92 Å².